The predicted molar refractivity (Wildman–Crippen MR) is 77.1 cm³/mol. The van der Waals surface area contributed by atoms with E-state index in [1.165, 1.54) is 6.07 Å². The second kappa shape index (κ2) is 7.53. The van der Waals surface area contributed by atoms with E-state index in [1.54, 1.807) is 28.0 Å². The summed E-state index contributed by atoms with van der Waals surface area (Å²) in [5.41, 5.74) is 0.378. The Balaban J connectivity index is 1.76. The summed E-state index contributed by atoms with van der Waals surface area (Å²) in [4.78, 5) is 37.5. The van der Waals surface area contributed by atoms with Crippen LogP contribution in [0.5, 0.6) is 0 Å². The van der Waals surface area contributed by atoms with Crippen molar-refractivity contribution in [3.63, 3.8) is 0 Å². The summed E-state index contributed by atoms with van der Waals surface area (Å²) in [5, 5.41) is 2.54. The summed E-state index contributed by atoms with van der Waals surface area (Å²) in [6, 6.07) is 6.15. The Morgan fingerprint density at radius 1 is 1.18 bits per heavy atom. The first-order chi connectivity index (χ1) is 10.6. The number of amides is 3. The minimum atomic E-state index is -0.439. The lowest BCUT2D eigenvalue weighted by Crippen LogP contribution is -2.49. The van der Waals surface area contributed by atoms with E-state index >= 15 is 0 Å². The molecule has 0 spiro atoms. The fraction of sp³-hybridized carbons (Fsp3) is 0.400. The van der Waals surface area contributed by atoms with E-state index in [-0.39, 0.29) is 24.7 Å². The summed E-state index contributed by atoms with van der Waals surface area (Å²) in [5.74, 6) is -1.11. The van der Waals surface area contributed by atoms with Gasteiger partial charge >= 0.3 is 0 Å². The minimum Gasteiger partial charge on any atom is -0.351 e. The van der Waals surface area contributed by atoms with Gasteiger partial charge in [-0.1, -0.05) is 18.2 Å². The van der Waals surface area contributed by atoms with Gasteiger partial charge in [-0.25, -0.2) is 4.39 Å². The number of benzene rings is 1. The molecule has 3 amide bonds. The first kappa shape index (κ1) is 15.9. The van der Waals surface area contributed by atoms with E-state index < -0.39 is 5.91 Å². The summed E-state index contributed by atoms with van der Waals surface area (Å²) >= 11 is 0. The molecular formula is C15H18FN3O3. The highest BCUT2D eigenvalue weighted by Crippen LogP contribution is 2.06. The van der Waals surface area contributed by atoms with Crippen LogP contribution in [0.4, 0.5) is 4.39 Å². The molecule has 1 saturated heterocycles. The lowest BCUT2D eigenvalue weighted by Gasteiger charge is -2.32. The molecule has 22 heavy (non-hydrogen) atoms. The molecule has 7 heteroatoms. The van der Waals surface area contributed by atoms with Crippen LogP contribution in [0.15, 0.2) is 24.3 Å². The molecule has 0 aromatic heterocycles. The van der Waals surface area contributed by atoms with Gasteiger partial charge in [0.2, 0.25) is 18.2 Å². The van der Waals surface area contributed by atoms with Crippen molar-refractivity contribution >= 4 is 18.2 Å². The van der Waals surface area contributed by atoms with Crippen molar-refractivity contribution < 1.29 is 18.8 Å². The Kier molecular flexibility index (Phi) is 5.46. The van der Waals surface area contributed by atoms with E-state index in [9.17, 15) is 18.8 Å². The van der Waals surface area contributed by atoms with Gasteiger partial charge in [0.15, 0.2) is 0 Å². The van der Waals surface area contributed by atoms with E-state index in [4.69, 9.17) is 0 Å². The van der Waals surface area contributed by atoms with Crippen molar-refractivity contribution in [2.75, 3.05) is 26.2 Å². The largest absolute Gasteiger partial charge is 0.351 e. The third-order valence-corrected chi connectivity index (χ3v) is 3.56. The molecule has 2 rings (SSSR count). The smallest absolute Gasteiger partial charge is 0.232 e. The quantitative estimate of drug-likeness (QED) is 0.621. The van der Waals surface area contributed by atoms with E-state index in [0.717, 1.165) is 6.41 Å². The Labute approximate surface area is 127 Å². The number of nitrogens with zero attached hydrogens (tertiary/aromatic N) is 2. The molecule has 1 aromatic rings. The molecule has 0 aliphatic carbocycles. The van der Waals surface area contributed by atoms with Crippen LogP contribution in [-0.4, -0.2) is 54.2 Å². The molecule has 118 valence electrons. The molecule has 6 nitrogen and oxygen atoms in total. The molecular weight excluding hydrogens is 289 g/mol. The van der Waals surface area contributed by atoms with Crippen LogP contribution in [0.1, 0.15) is 12.0 Å². The van der Waals surface area contributed by atoms with Crippen LogP contribution in [0.3, 0.4) is 0 Å². The van der Waals surface area contributed by atoms with Crippen LogP contribution in [0.25, 0.3) is 0 Å². The summed E-state index contributed by atoms with van der Waals surface area (Å²) < 4.78 is 13.4. The predicted octanol–water partition coefficient (Wildman–Crippen LogP) is 0.133. The molecule has 1 fully saturated rings. The van der Waals surface area contributed by atoms with Crippen molar-refractivity contribution in [2.24, 2.45) is 0 Å². The molecule has 1 aliphatic heterocycles. The maximum Gasteiger partial charge on any atom is 0.232 e. The van der Waals surface area contributed by atoms with Crippen LogP contribution < -0.4 is 5.32 Å². The summed E-state index contributed by atoms with van der Waals surface area (Å²) in [7, 11) is 0. The maximum absolute atomic E-state index is 13.4. The summed E-state index contributed by atoms with van der Waals surface area (Å²) in [6.07, 6.45) is 0.485. The Morgan fingerprint density at radius 2 is 1.86 bits per heavy atom. The Morgan fingerprint density at radius 3 is 2.50 bits per heavy atom. The van der Waals surface area contributed by atoms with Crippen LogP contribution >= 0.6 is 0 Å². The van der Waals surface area contributed by atoms with Gasteiger partial charge < -0.3 is 15.1 Å². The van der Waals surface area contributed by atoms with Crippen molar-refractivity contribution in [1.82, 2.24) is 15.1 Å². The monoisotopic (exact) mass is 307 g/mol. The van der Waals surface area contributed by atoms with Crippen molar-refractivity contribution in [3.8, 4) is 0 Å². The zero-order valence-corrected chi connectivity index (χ0v) is 12.1. The lowest BCUT2D eigenvalue weighted by atomic mass is 10.2. The second-order valence-corrected chi connectivity index (χ2v) is 5.07. The molecule has 0 bridgehead atoms. The number of carbonyl (C=O) groups is 3. The fourth-order valence-corrected chi connectivity index (χ4v) is 2.22. The van der Waals surface area contributed by atoms with Crippen molar-refractivity contribution in [1.29, 1.82) is 0 Å². The number of rotatable bonds is 5. The van der Waals surface area contributed by atoms with Gasteiger partial charge in [-0.3, -0.25) is 14.4 Å². The van der Waals surface area contributed by atoms with Crippen LogP contribution in [0.2, 0.25) is 0 Å². The summed E-state index contributed by atoms with van der Waals surface area (Å²) in [6.45, 7) is 1.87. The highest BCUT2D eigenvalue weighted by Gasteiger charge is 2.21. The van der Waals surface area contributed by atoms with Gasteiger partial charge in [-0.05, 0) is 6.07 Å². The number of hydrogen-bond donors (Lipinski definition) is 1. The number of carbonyl (C=O) groups excluding carboxylic acids is 3. The van der Waals surface area contributed by atoms with Gasteiger partial charge in [0.1, 0.15) is 12.2 Å². The van der Waals surface area contributed by atoms with E-state index in [2.05, 4.69) is 5.32 Å². The average Bonchev–Trinajstić information content (AvgIpc) is 2.54. The molecule has 1 heterocycles. The third-order valence-electron chi connectivity index (χ3n) is 3.56. The first-order valence-corrected chi connectivity index (χ1v) is 7.07. The maximum atomic E-state index is 13.4. The number of hydrogen-bond acceptors (Lipinski definition) is 3. The van der Waals surface area contributed by atoms with E-state index in [1.807, 2.05) is 0 Å². The highest BCUT2D eigenvalue weighted by molar-refractivity contribution is 5.96. The molecule has 0 saturated carbocycles. The normalized spacial score (nSPS) is 14.6. The zero-order chi connectivity index (χ0) is 15.9. The SMILES string of the molecule is O=CN1CCN(C(=O)CC(=O)NCc2ccccc2F)CC1. The first-order valence-electron chi connectivity index (χ1n) is 7.07. The minimum absolute atomic E-state index is 0.0533. The van der Waals surface area contributed by atoms with Gasteiger partial charge in [-0.15, -0.1) is 0 Å². The Bertz CT molecular complexity index is 557. The van der Waals surface area contributed by atoms with Crippen LogP contribution in [0, 0.1) is 5.82 Å². The molecule has 0 radical (unpaired) electrons. The molecule has 0 atom stereocenters. The van der Waals surface area contributed by atoms with Gasteiger partial charge in [0.25, 0.3) is 0 Å². The standard InChI is InChI=1S/C15H18FN3O3/c16-13-4-2-1-3-12(13)10-17-14(21)9-15(22)19-7-5-18(11-20)6-8-19/h1-4,11H,5-10H2,(H,17,21). The third kappa shape index (κ3) is 4.28. The number of nitrogens with one attached hydrogen (secondary N) is 1. The van der Waals surface area contributed by atoms with Crippen LogP contribution in [-0.2, 0) is 20.9 Å². The number of halogens is 1. The lowest BCUT2D eigenvalue weighted by molar-refractivity contribution is -0.139. The molecule has 1 aliphatic rings. The molecule has 1 N–H and O–H groups in total. The van der Waals surface area contributed by atoms with Gasteiger partial charge in [0.05, 0.1) is 0 Å². The fourth-order valence-electron chi connectivity index (χ4n) is 2.22. The topological polar surface area (TPSA) is 69.7 Å². The second-order valence-electron chi connectivity index (χ2n) is 5.07. The average molecular weight is 307 g/mol. The highest BCUT2D eigenvalue weighted by atomic mass is 19.1. The number of piperazine rings is 1. The van der Waals surface area contributed by atoms with Gasteiger partial charge in [-0.2, -0.15) is 0 Å². The molecule has 1 aromatic carbocycles. The van der Waals surface area contributed by atoms with Crippen molar-refractivity contribution in [2.45, 2.75) is 13.0 Å². The zero-order valence-electron chi connectivity index (χ0n) is 12.1. The molecule has 0 unspecified atom stereocenters. The van der Waals surface area contributed by atoms with Crippen molar-refractivity contribution in [3.05, 3.63) is 35.6 Å². The Hall–Kier alpha value is -2.44. The van der Waals surface area contributed by atoms with E-state index in [0.29, 0.717) is 31.7 Å². The van der Waals surface area contributed by atoms with Gasteiger partial charge in [0, 0.05) is 38.3 Å².